The van der Waals surface area contributed by atoms with Crippen LogP contribution < -0.4 is 5.32 Å². The average Bonchev–Trinajstić information content (AvgIpc) is 2.68. The number of aromatic nitrogens is 1. The van der Waals surface area contributed by atoms with Crippen LogP contribution in [0, 0.1) is 11.3 Å². The predicted molar refractivity (Wildman–Crippen MR) is 79.6 cm³/mol. The van der Waals surface area contributed by atoms with Crippen LogP contribution in [0.1, 0.15) is 38.8 Å². The van der Waals surface area contributed by atoms with Gasteiger partial charge in [0.1, 0.15) is 0 Å². The highest BCUT2D eigenvalue weighted by atomic mass is 79.9. The van der Waals surface area contributed by atoms with E-state index in [1.807, 2.05) is 6.20 Å². The van der Waals surface area contributed by atoms with Crippen molar-refractivity contribution in [1.29, 1.82) is 0 Å². The van der Waals surface area contributed by atoms with Crippen LogP contribution in [0.25, 0.3) is 0 Å². The van der Waals surface area contributed by atoms with Crippen LogP contribution in [0.15, 0.2) is 22.8 Å². The lowest BCUT2D eigenvalue weighted by molar-refractivity contribution is 0.201. The van der Waals surface area contributed by atoms with Gasteiger partial charge < -0.3 is 5.32 Å². The maximum absolute atomic E-state index is 4.50. The first-order valence-corrected chi connectivity index (χ1v) is 7.60. The van der Waals surface area contributed by atoms with E-state index in [-0.39, 0.29) is 0 Å². The summed E-state index contributed by atoms with van der Waals surface area (Å²) < 4.78 is 1.05. The molecule has 1 aromatic rings. The number of pyridine rings is 1. The van der Waals surface area contributed by atoms with E-state index >= 15 is 0 Å². The van der Waals surface area contributed by atoms with E-state index in [1.54, 1.807) is 0 Å². The van der Waals surface area contributed by atoms with E-state index in [0.29, 0.717) is 11.5 Å². The summed E-state index contributed by atoms with van der Waals surface area (Å²) in [6, 6.07) is 4.74. The molecule has 1 aromatic heterocycles. The minimum Gasteiger partial charge on any atom is -0.316 e. The van der Waals surface area contributed by atoms with Crippen LogP contribution in [0.5, 0.6) is 0 Å². The highest BCUT2D eigenvalue weighted by molar-refractivity contribution is 9.10. The second kappa shape index (κ2) is 5.70. The van der Waals surface area contributed by atoms with Gasteiger partial charge in [-0.25, -0.2) is 0 Å². The Balaban J connectivity index is 2.07. The Bertz CT molecular complexity index is 386. The molecule has 1 aliphatic carbocycles. The molecule has 1 heterocycles. The van der Waals surface area contributed by atoms with Gasteiger partial charge >= 0.3 is 0 Å². The molecule has 0 spiro atoms. The number of halogens is 1. The van der Waals surface area contributed by atoms with E-state index in [4.69, 9.17) is 0 Å². The van der Waals surface area contributed by atoms with Crippen LogP contribution >= 0.6 is 15.9 Å². The molecule has 0 aromatic carbocycles. The van der Waals surface area contributed by atoms with Gasteiger partial charge in [-0.3, -0.25) is 4.98 Å². The first-order chi connectivity index (χ1) is 8.53. The summed E-state index contributed by atoms with van der Waals surface area (Å²) in [5.74, 6) is 0.757. The molecule has 100 valence electrons. The maximum Gasteiger partial charge on any atom is 0.0420 e. The molecule has 0 aliphatic heterocycles. The summed E-state index contributed by atoms with van der Waals surface area (Å²) in [7, 11) is 2.08. The van der Waals surface area contributed by atoms with E-state index < -0.39 is 0 Å². The van der Waals surface area contributed by atoms with Crippen LogP contribution in [0.3, 0.4) is 0 Å². The van der Waals surface area contributed by atoms with Crippen molar-refractivity contribution in [1.82, 2.24) is 10.3 Å². The number of likely N-dealkylation sites (N-methyl/N-ethyl adjacent to an activating group) is 1. The summed E-state index contributed by atoms with van der Waals surface area (Å²) in [5.41, 5.74) is 1.64. The molecule has 18 heavy (non-hydrogen) atoms. The molecule has 2 unspecified atom stereocenters. The van der Waals surface area contributed by atoms with Crippen LogP contribution in [-0.4, -0.2) is 18.1 Å². The van der Waals surface area contributed by atoms with Crippen molar-refractivity contribution < 1.29 is 0 Å². The largest absolute Gasteiger partial charge is 0.316 e. The summed E-state index contributed by atoms with van der Waals surface area (Å²) in [4.78, 5) is 4.50. The van der Waals surface area contributed by atoms with Gasteiger partial charge in [-0.2, -0.15) is 0 Å². The smallest absolute Gasteiger partial charge is 0.0420 e. The van der Waals surface area contributed by atoms with Gasteiger partial charge in [-0.1, -0.05) is 20.3 Å². The standard InChI is InChI=1S/C15H23BrN2/c1-15(2)8-4-5-13(15)14(17-3)9-12-7-6-11(16)10-18-12/h6-7,10,13-14,17H,4-5,8-9H2,1-3H3. The van der Waals surface area contributed by atoms with Gasteiger partial charge in [0, 0.05) is 28.8 Å². The van der Waals surface area contributed by atoms with Crippen molar-refractivity contribution in [2.45, 2.75) is 45.6 Å². The van der Waals surface area contributed by atoms with Crippen molar-refractivity contribution in [2.24, 2.45) is 11.3 Å². The molecule has 1 aliphatic rings. The molecule has 0 bridgehead atoms. The van der Waals surface area contributed by atoms with Crippen molar-refractivity contribution in [3.8, 4) is 0 Å². The Labute approximate surface area is 119 Å². The molecular weight excluding hydrogens is 288 g/mol. The minimum atomic E-state index is 0.461. The fraction of sp³-hybridized carbons (Fsp3) is 0.667. The lowest BCUT2D eigenvalue weighted by atomic mass is 9.76. The Hall–Kier alpha value is -0.410. The molecule has 3 heteroatoms. The van der Waals surface area contributed by atoms with E-state index in [9.17, 15) is 0 Å². The third kappa shape index (κ3) is 3.12. The molecule has 0 radical (unpaired) electrons. The van der Waals surface area contributed by atoms with Crippen LogP contribution in [0.4, 0.5) is 0 Å². The number of rotatable bonds is 4. The predicted octanol–water partition coefficient (Wildman–Crippen LogP) is 3.80. The van der Waals surface area contributed by atoms with E-state index in [2.05, 4.69) is 59.3 Å². The molecule has 0 saturated heterocycles. The average molecular weight is 311 g/mol. The Morgan fingerprint density at radius 3 is 2.78 bits per heavy atom. The van der Waals surface area contributed by atoms with Gasteiger partial charge in [-0.15, -0.1) is 0 Å². The lowest BCUT2D eigenvalue weighted by Gasteiger charge is -2.34. The third-order valence-corrected chi connectivity index (χ3v) is 4.88. The van der Waals surface area contributed by atoms with Gasteiger partial charge in [0.15, 0.2) is 0 Å². The fourth-order valence-electron chi connectivity index (χ4n) is 3.30. The SMILES string of the molecule is CNC(Cc1ccc(Br)cn1)C1CCCC1(C)C. The summed E-state index contributed by atoms with van der Waals surface area (Å²) in [5, 5.41) is 3.51. The number of hydrogen-bond acceptors (Lipinski definition) is 2. The molecule has 2 nitrogen and oxygen atoms in total. The molecule has 0 amide bonds. The maximum atomic E-state index is 4.50. The Morgan fingerprint density at radius 1 is 1.50 bits per heavy atom. The van der Waals surface area contributed by atoms with Crippen molar-refractivity contribution in [3.63, 3.8) is 0 Å². The first-order valence-electron chi connectivity index (χ1n) is 6.80. The summed E-state index contributed by atoms with van der Waals surface area (Å²) >= 11 is 3.43. The summed E-state index contributed by atoms with van der Waals surface area (Å²) in [6.07, 6.45) is 6.97. The zero-order valence-electron chi connectivity index (χ0n) is 11.5. The van der Waals surface area contributed by atoms with Crippen LogP contribution in [0.2, 0.25) is 0 Å². The normalized spacial score (nSPS) is 24.1. The number of nitrogens with one attached hydrogen (secondary N) is 1. The quantitative estimate of drug-likeness (QED) is 0.915. The highest BCUT2D eigenvalue weighted by Crippen LogP contribution is 2.44. The zero-order chi connectivity index (χ0) is 13.2. The van der Waals surface area contributed by atoms with Gasteiger partial charge in [0.2, 0.25) is 0 Å². The molecule has 2 atom stereocenters. The molecule has 1 N–H and O–H groups in total. The second-order valence-electron chi connectivity index (χ2n) is 6.05. The van der Waals surface area contributed by atoms with Gasteiger partial charge in [-0.05, 0) is 59.3 Å². The first kappa shape index (κ1) is 14.0. The Morgan fingerprint density at radius 2 is 2.28 bits per heavy atom. The van der Waals surface area contributed by atoms with Crippen LogP contribution in [-0.2, 0) is 6.42 Å². The van der Waals surface area contributed by atoms with Crippen molar-refractivity contribution in [3.05, 3.63) is 28.5 Å². The number of hydrogen-bond donors (Lipinski definition) is 1. The van der Waals surface area contributed by atoms with Gasteiger partial charge in [0.05, 0.1) is 0 Å². The van der Waals surface area contributed by atoms with E-state index in [0.717, 1.165) is 16.8 Å². The third-order valence-electron chi connectivity index (χ3n) is 4.41. The number of nitrogens with zero attached hydrogens (tertiary/aromatic N) is 1. The summed E-state index contributed by atoms with van der Waals surface area (Å²) in [6.45, 7) is 4.81. The lowest BCUT2D eigenvalue weighted by Crippen LogP contribution is -2.40. The molecule has 1 saturated carbocycles. The van der Waals surface area contributed by atoms with Crippen molar-refractivity contribution in [2.75, 3.05) is 7.05 Å². The molecule has 1 fully saturated rings. The second-order valence-corrected chi connectivity index (χ2v) is 6.97. The van der Waals surface area contributed by atoms with Crippen molar-refractivity contribution >= 4 is 15.9 Å². The minimum absolute atomic E-state index is 0.461. The van der Waals surface area contributed by atoms with E-state index in [1.165, 1.54) is 25.0 Å². The fourth-order valence-corrected chi connectivity index (χ4v) is 3.53. The molecular formula is C15H23BrN2. The van der Waals surface area contributed by atoms with Gasteiger partial charge in [0.25, 0.3) is 0 Å². The Kier molecular flexibility index (Phi) is 4.44. The monoisotopic (exact) mass is 310 g/mol. The zero-order valence-corrected chi connectivity index (χ0v) is 13.1. The topological polar surface area (TPSA) is 24.9 Å². The molecule has 2 rings (SSSR count). The highest BCUT2D eigenvalue weighted by Gasteiger charge is 2.38.